The number of thioether (sulfide) groups is 1. The Balaban J connectivity index is 1.49. The molecule has 4 aromatic rings. The van der Waals surface area contributed by atoms with Crippen LogP contribution in [0.4, 0.5) is 5.69 Å². The van der Waals surface area contributed by atoms with Gasteiger partial charge in [0.15, 0.2) is 11.0 Å². The van der Waals surface area contributed by atoms with E-state index in [2.05, 4.69) is 72.7 Å². The van der Waals surface area contributed by atoms with Gasteiger partial charge in [-0.15, -0.1) is 21.5 Å². The van der Waals surface area contributed by atoms with E-state index in [4.69, 9.17) is 0 Å². The molecular formula is C25H26N4OS2. The fourth-order valence-electron chi connectivity index (χ4n) is 3.31. The fourth-order valence-corrected chi connectivity index (χ4v) is 4.76. The lowest BCUT2D eigenvalue weighted by Crippen LogP contribution is -2.14. The maximum atomic E-state index is 12.6. The number of thiophene rings is 1. The third-order valence-electron chi connectivity index (χ3n) is 5.38. The predicted molar refractivity (Wildman–Crippen MR) is 134 cm³/mol. The smallest absolute Gasteiger partial charge is 0.234 e. The van der Waals surface area contributed by atoms with Crippen LogP contribution in [0.15, 0.2) is 71.2 Å². The number of carbonyl (C=O) groups excluding carboxylic acids is 1. The van der Waals surface area contributed by atoms with Crippen molar-refractivity contribution >= 4 is 34.7 Å². The van der Waals surface area contributed by atoms with Crippen molar-refractivity contribution in [1.82, 2.24) is 14.8 Å². The summed E-state index contributed by atoms with van der Waals surface area (Å²) in [6.07, 6.45) is 1.09. The Morgan fingerprint density at radius 1 is 1.09 bits per heavy atom. The molecule has 7 heteroatoms. The van der Waals surface area contributed by atoms with Crippen LogP contribution in [-0.4, -0.2) is 26.4 Å². The molecule has 32 heavy (non-hydrogen) atoms. The summed E-state index contributed by atoms with van der Waals surface area (Å²) in [7, 11) is 0. The second-order valence-electron chi connectivity index (χ2n) is 7.72. The Morgan fingerprint density at radius 3 is 2.50 bits per heavy atom. The minimum atomic E-state index is -0.0672. The van der Waals surface area contributed by atoms with Crippen LogP contribution in [0.5, 0.6) is 0 Å². The van der Waals surface area contributed by atoms with E-state index in [1.165, 1.54) is 22.9 Å². The van der Waals surface area contributed by atoms with Gasteiger partial charge < -0.3 is 5.32 Å². The molecule has 0 aliphatic heterocycles. The fraction of sp³-hybridized carbons (Fsp3) is 0.240. The molecule has 2 aromatic carbocycles. The van der Waals surface area contributed by atoms with Crippen LogP contribution >= 0.6 is 23.1 Å². The molecule has 2 heterocycles. The van der Waals surface area contributed by atoms with Crippen molar-refractivity contribution < 1.29 is 4.79 Å². The molecule has 0 aliphatic carbocycles. The third-order valence-corrected chi connectivity index (χ3v) is 7.17. The van der Waals surface area contributed by atoms with Gasteiger partial charge in [0.1, 0.15) is 0 Å². The topological polar surface area (TPSA) is 59.8 Å². The average molecular weight is 463 g/mol. The molecule has 0 saturated heterocycles. The van der Waals surface area contributed by atoms with Crippen molar-refractivity contribution in [3.63, 3.8) is 0 Å². The molecule has 0 fully saturated rings. The van der Waals surface area contributed by atoms with E-state index in [-0.39, 0.29) is 11.7 Å². The van der Waals surface area contributed by atoms with Crippen LogP contribution in [-0.2, 0) is 4.79 Å². The summed E-state index contributed by atoms with van der Waals surface area (Å²) in [4.78, 5) is 13.6. The van der Waals surface area contributed by atoms with Gasteiger partial charge in [0.2, 0.25) is 5.91 Å². The second-order valence-corrected chi connectivity index (χ2v) is 9.61. The summed E-state index contributed by atoms with van der Waals surface area (Å²) in [5.41, 5.74) is 4.26. The van der Waals surface area contributed by atoms with Crippen molar-refractivity contribution in [2.45, 2.75) is 38.3 Å². The minimum absolute atomic E-state index is 0.0672. The minimum Gasteiger partial charge on any atom is -0.325 e. The summed E-state index contributed by atoms with van der Waals surface area (Å²) in [6.45, 7) is 6.45. The third kappa shape index (κ3) is 5.11. The van der Waals surface area contributed by atoms with Gasteiger partial charge in [-0.05, 0) is 60.5 Å². The zero-order valence-corrected chi connectivity index (χ0v) is 20.0. The number of aromatic nitrogens is 3. The normalized spacial score (nSPS) is 12.0. The molecule has 2 aromatic heterocycles. The number of nitrogens with one attached hydrogen (secondary N) is 1. The first kappa shape index (κ1) is 22.3. The molecule has 1 amide bonds. The van der Waals surface area contributed by atoms with Crippen molar-refractivity contribution in [2.24, 2.45) is 0 Å². The van der Waals surface area contributed by atoms with Gasteiger partial charge in [0, 0.05) is 11.4 Å². The van der Waals surface area contributed by atoms with Crippen molar-refractivity contribution in [3.8, 4) is 16.4 Å². The van der Waals surface area contributed by atoms with Crippen LogP contribution < -0.4 is 5.32 Å². The van der Waals surface area contributed by atoms with Gasteiger partial charge in [0.05, 0.1) is 10.6 Å². The van der Waals surface area contributed by atoms with Crippen molar-refractivity contribution in [1.29, 1.82) is 0 Å². The highest BCUT2D eigenvalue weighted by atomic mass is 32.2. The maximum Gasteiger partial charge on any atom is 0.234 e. The lowest BCUT2D eigenvalue weighted by atomic mass is 9.99. The van der Waals surface area contributed by atoms with E-state index in [1.54, 1.807) is 11.3 Å². The summed E-state index contributed by atoms with van der Waals surface area (Å²) in [5.74, 6) is 1.48. The monoisotopic (exact) mass is 462 g/mol. The van der Waals surface area contributed by atoms with E-state index >= 15 is 0 Å². The predicted octanol–water partition coefficient (Wildman–Crippen LogP) is 6.55. The quantitative estimate of drug-likeness (QED) is 0.302. The van der Waals surface area contributed by atoms with E-state index in [0.29, 0.717) is 11.1 Å². The van der Waals surface area contributed by atoms with Gasteiger partial charge in [-0.25, -0.2) is 0 Å². The van der Waals surface area contributed by atoms with Crippen molar-refractivity contribution in [2.75, 3.05) is 11.1 Å². The zero-order valence-electron chi connectivity index (χ0n) is 18.4. The highest BCUT2D eigenvalue weighted by molar-refractivity contribution is 7.99. The van der Waals surface area contributed by atoms with E-state index in [0.717, 1.165) is 28.5 Å². The number of carbonyl (C=O) groups is 1. The highest BCUT2D eigenvalue weighted by Gasteiger charge is 2.18. The number of aryl methyl sites for hydroxylation is 1. The zero-order chi connectivity index (χ0) is 22.5. The number of rotatable bonds is 8. The molecule has 0 unspecified atom stereocenters. The van der Waals surface area contributed by atoms with E-state index < -0.39 is 0 Å². The standard InChI is InChI=1S/C25H26N4OS2/c1-4-18(3)19-9-11-20(12-10-19)26-23(30)16-32-25-28-27-24(22-6-5-15-31-22)29(25)21-13-7-17(2)8-14-21/h5-15,18H,4,16H2,1-3H3,(H,26,30)/t18-/m0/s1. The maximum absolute atomic E-state index is 12.6. The van der Waals surface area contributed by atoms with Gasteiger partial charge >= 0.3 is 0 Å². The van der Waals surface area contributed by atoms with Gasteiger partial charge in [0.25, 0.3) is 0 Å². The summed E-state index contributed by atoms with van der Waals surface area (Å²) >= 11 is 3.01. The van der Waals surface area contributed by atoms with Crippen LogP contribution in [0.1, 0.15) is 37.3 Å². The number of hydrogen-bond donors (Lipinski definition) is 1. The Labute approximate surface area is 196 Å². The molecule has 5 nitrogen and oxygen atoms in total. The van der Waals surface area contributed by atoms with E-state index in [9.17, 15) is 4.79 Å². The first-order chi connectivity index (χ1) is 15.5. The highest BCUT2D eigenvalue weighted by Crippen LogP contribution is 2.30. The SMILES string of the molecule is CC[C@H](C)c1ccc(NC(=O)CSc2nnc(-c3cccs3)n2-c2ccc(C)cc2)cc1. The molecular weight excluding hydrogens is 436 g/mol. The average Bonchev–Trinajstić information content (AvgIpc) is 3.48. The molecule has 0 bridgehead atoms. The Bertz CT molecular complexity index is 1170. The molecule has 0 spiro atoms. The van der Waals surface area contributed by atoms with Crippen LogP contribution in [0.3, 0.4) is 0 Å². The lowest BCUT2D eigenvalue weighted by Gasteiger charge is -2.11. The summed E-state index contributed by atoms with van der Waals surface area (Å²) in [5, 5.41) is 14.5. The number of amides is 1. The second kappa shape index (κ2) is 10.1. The van der Waals surface area contributed by atoms with Crippen LogP contribution in [0.2, 0.25) is 0 Å². The van der Waals surface area contributed by atoms with Crippen LogP contribution in [0.25, 0.3) is 16.4 Å². The lowest BCUT2D eigenvalue weighted by molar-refractivity contribution is -0.113. The summed E-state index contributed by atoms with van der Waals surface area (Å²) < 4.78 is 2.02. The number of anilines is 1. The van der Waals surface area contributed by atoms with Crippen LogP contribution in [0, 0.1) is 6.92 Å². The van der Waals surface area contributed by atoms with Gasteiger partial charge in [-0.3, -0.25) is 9.36 Å². The molecule has 164 valence electrons. The van der Waals surface area contributed by atoms with Gasteiger partial charge in [-0.1, -0.05) is 61.5 Å². The largest absolute Gasteiger partial charge is 0.325 e. The Kier molecular flexibility index (Phi) is 7.07. The van der Waals surface area contributed by atoms with E-state index in [1.807, 2.05) is 34.2 Å². The number of benzene rings is 2. The Morgan fingerprint density at radius 2 is 1.84 bits per heavy atom. The number of hydrogen-bond acceptors (Lipinski definition) is 5. The van der Waals surface area contributed by atoms with Crippen molar-refractivity contribution in [3.05, 3.63) is 77.2 Å². The molecule has 0 aliphatic rings. The molecule has 0 saturated carbocycles. The first-order valence-electron chi connectivity index (χ1n) is 10.6. The molecule has 4 rings (SSSR count). The first-order valence-corrected chi connectivity index (χ1v) is 12.5. The molecule has 1 N–H and O–H groups in total. The molecule has 0 radical (unpaired) electrons. The van der Waals surface area contributed by atoms with Gasteiger partial charge in [-0.2, -0.15) is 0 Å². The Hall–Kier alpha value is -2.90. The summed E-state index contributed by atoms with van der Waals surface area (Å²) in [6, 6.07) is 20.4. The number of nitrogens with zero attached hydrogens (tertiary/aromatic N) is 3. The molecule has 1 atom stereocenters.